The summed E-state index contributed by atoms with van der Waals surface area (Å²) in [5, 5.41) is -0.224. The lowest BCUT2D eigenvalue weighted by Crippen LogP contribution is -2.44. The van der Waals surface area contributed by atoms with E-state index in [9.17, 15) is 4.79 Å². The monoisotopic (exact) mass is 306 g/mol. The zero-order chi connectivity index (χ0) is 15.2. The van der Waals surface area contributed by atoms with E-state index in [0.717, 1.165) is 38.4 Å². The summed E-state index contributed by atoms with van der Waals surface area (Å²) in [6.07, 6.45) is 2.92. The average Bonchev–Trinajstić information content (AvgIpc) is 2.47. The minimum Gasteiger partial charge on any atom is -0.342 e. The van der Waals surface area contributed by atoms with Crippen LogP contribution in [0.1, 0.15) is 18.4 Å². The predicted octanol–water partition coefficient (Wildman–Crippen LogP) is 2.33. The van der Waals surface area contributed by atoms with Gasteiger partial charge in [-0.15, -0.1) is 0 Å². The number of piperidine rings is 1. The molecular weight excluding hydrogens is 280 g/mol. The molecule has 1 unspecified atom stereocenters. The molecular formula is C17H26N2OS. The molecule has 21 heavy (non-hydrogen) atoms. The highest BCUT2D eigenvalue weighted by Gasteiger charge is 2.26. The molecule has 0 bridgehead atoms. The first-order valence-electron chi connectivity index (χ1n) is 7.71. The molecule has 0 saturated carbocycles. The van der Waals surface area contributed by atoms with Gasteiger partial charge in [-0.2, -0.15) is 12.6 Å². The Kier molecular flexibility index (Phi) is 6.12. The normalized spacial score (nSPS) is 18.0. The molecule has 0 aromatic heterocycles. The first-order chi connectivity index (χ1) is 10.1. The maximum absolute atomic E-state index is 12.5. The molecule has 1 aliphatic rings. The highest BCUT2D eigenvalue weighted by molar-refractivity contribution is 7.81. The van der Waals surface area contributed by atoms with E-state index < -0.39 is 0 Å². The van der Waals surface area contributed by atoms with Gasteiger partial charge in [-0.3, -0.25) is 4.79 Å². The summed E-state index contributed by atoms with van der Waals surface area (Å²) in [5.41, 5.74) is 1.17. The maximum atomic E-state index is 12.5. The number of nitrogens with zero attached hydrogens (tertiary/aromatic N) is 2. The molecule has 1 atom stereocenters. The second kappa shape index (κ2) is 7.85. The van der Waals surface area contributed by atoms with E-state index in [4.69, 9.17) is 0 Å². The SMILES string of the molecule is CN(C)CC1CCN(C(=O)C(S)Cc2ccccc2)CC1. The van der Waals surface area contributed by atoms with E-state index in [0.29, 0.717) is 6.42 Å². The summed E-state index contributed by atoms with van der Waals surface area (Å²) in [6.45, 7) is 2.88. The number of amides is 1. The Morgan fingerprint density at radius 1 is 1.29 bits per heavy atom. The summed E-state index contributed by atoms with van der Waals surface area (Å²) in [4.78, 5) is 16.7. The van der Waals surface area contributed by atoms with Crippen molar-refractivity contribution in [3.8, 4) is 0 Å². The molecule has 1 aromatic carbocycles. The summed E-state index contributed by atoms with van der Waals surface area (Å²) >= 11 is 4.53. The number of benzene rings is 1. The van der Waals surface area contributed by atoms with E-state index in [1.165, 1.54) is 5.56 Å². The Morgan fingerprint density at radius 2 is 1.90 bits per heavy atom. The van der Waals surface area contributed by atoms with Crippen molar-refractivity contribution in [1.82, 2.24) is 9.80 Å². The van der Waals surface area contributed by atoms with Crippen molar-refractivity contribution in [2.24, 2.45) is 5.92 Å². The molecule has 1 aliphatic heterocycles. The van der Waals surface area contributed by atoms with Gasteiger partial charge in [-0.05, 0) is 44.8 Å². The first-order valence-corrected chi connectivity index (χ1v) is 8.23. The molecule has 1 saturated heterocycles. The second-order valence-electron chi connectivity index (χ2n) is 6.24. The van der Waals surface area contributed by atoms with Gasteiger partial charge < -0.3 is 9.80 Å². The zero-order valence-corrected chi connectivity index (χ0v) is 13.9. The summed E-state index contributed by atoms with van der Waals surface area (Å²) < 4.78 is 0. The Morgan fingerprint density at radius 3 is 2.48 bits per heavy atom. The Balaban J connectivity index is 1.81. The van der Waals surface area contributed by atoms with E-state index in [-0.39, 0.29) is 11.2 Å². The van der Waals surface area contributed by atoms with Crippen molar-refractivity contribution >= 4 is 18.5 Å². The van der Waals surface area contributed by atoms with Crippen molar-refractivity contribution in [2.75, 3.05) is 33.7 Å². The Hall–Kier alpha value is -1.00. The van der Waals surface area contributed by atoms with Gasteiger partial charge in [0, 0.05) is 19.6 Å². The third kappa shape index (κ3) is 5.04. The van der Waals surface area contributed by atoms with Crippen LogP contribution in [-0.2, 0) is 11.2 Å². The number of carbonyl (C=O) groups excluding carboxylic acids is 1. The maximum Gasteiger partial charge on any atom is 0.235 e. The lowest BCUT2D eigenvalue weighted by molar-refractivity contribution is -0.132. The van der Waals surface area contributed by atoms with Crippen molar-refractivity contribution in [3.05, 3.63) is 35.9 Å². The van der Waals surface area contributed by atoms with Crippen LogP contribution in [0.4, 0.5) is 0 Å². The summed E-state index contributed by atoms with van der Waals surface area (Å²) in [7, 11) is 4.22. The topological polar surface area (TPSA) is 23.6 Å². The number of carbonyl (C=O) groups is 1. The molecule has 0 aliphatic carbocycles. The standard InChI is InChI=1S/C17H26N2OS/c1-18(2)13-15-8-10-19(11-9-15)17(20)16(21)12-14-6-4-3-5-7-14/h3-7,15-16,21H,8-13H2,1-2H3. The smallest absolute Gasteiger partial charge is 0.235 e. The molecule has 4 heteroatoms. The fourth-order valence-corrected chi connectivity index (χ4v) is 3.36. The Labute approximate surface area is 133 Å². The fourth-order valence-electron chi connectivity index (χ4n) is 2.99. The van der Waals surface area contributed by atoms with E-state index in [1.807, 2.05) is 23.1 Å². The van der Waals surface area contributed by atoms with Gasteiger partial charge in [0.25, 0.3) is 0 Å². The van der Waals surface area contributed by atoms with Crippen molar-refractivity contribution in [3.63, 3.8) is 0 Å². The van der Waals surface area contributed by atoms with E-state index in [2.05, 4.69) is 43.8 Å². The van der Waals surface area contributed by atoms with Crippen LogP contribution in [0, 0.1) is 5.92 Å². The molecule has 2 rings (SSSR count). The van der Waals surface area contributed by atoms with Crippen LogP contribution in [0.5, 0.6) is 0 Å². The van der Waals surface area contributed by atoms with Gasteiger partial charge >= 0.3 is 0 Å². The van der Waals surface area contributed by atoms with Crippen molar-refractivity contribution < 1.29 is 4.79 Å². The van der Waals surface area contributed by atoms with Gasteiger partial charge in [-0.25, -0.2) is 0 Å². The van der Waals surface area contributed by atoms with Crippen LogP contribution >= 0.6 is 12.6 Å². The lowest BCUT2D eigenvalue weighted by Gasteiger charge is -2.34. The zero-order valence-electron chi connectivity index (χ0n) is 13.0. The summed E-state index contributed by atoms with van der Waals surface area (Å²) in [6, 6.07) is 10.1. The average molecular weight is 306 g/mol. The number of rotatable bonds is 5. The van der Waals surface area contributed by atoms with Gasteiger partial charge in [0.05, 0.1) is 5.25 Å². The minimum absolute atomic E-state index is 0.186. The number of hydrogen-bond donors (Lipinski definition) is 1. The van der Waals surface area contributed by atoms with Crippen LogP contribution in [-0.4, -0.2) is 54.7 Å². The number of thiol groups is 1. The molecule has 1 aromatic rings. The molecule has 1 heterocycles. The van der Waals surface area contributed by atoms with Crippen molar-refractivity contribution in [1.29, 1.82) is 0 Å². The molecule has 0 radical (unpaired) electrons. The van der Waals surface area contributed by atoms with Gasteiger partial charge in [0.1, 0.15) is 0 Å². The fraction of sp³-hybridized carbons (Fsp3) is 0.588. The van der Waals surface area contributed by atoms with Gasteiger partial charge in [-0.1, -0.05) is 30.3 Å². The van der Waals surface area contributed by atoms with Crippen LogP contribution in [0.2, 0.25) is 0 Å². The molecule has 0 N–H and O–H groups in total. The third-order valence-corrected chi connectivity index (χ3v) is 4.51. The molecule has 3 nitrogen and oxygen atoms in total. The quantitative estimate of drug-likeness (QED) is 0.844. The Bertz CT molecular complexity index is 441. The first kappa shape index (κ1) is 16.4. The van der Waals surface area contributed by atoms with Crippen molar-refractivity contribution in [2.45, 2.75) is 24.5 Å². The third-order valence-electron chi connectivity index (χ3n) is 4.11. The summed E-state index contributed by atoms with van der Waals surface area (Å²) in [5.74, 6) is 0.905. The molecule has 1 fully saturated rings. The van der Waals surface area contributed by atoms with Crippen LogP contribution in [0.25, 0.3) is 0 Å². The molecule has 1 amide bonds. The highest BCUT2D eigenvalue weighted by Crippen LogP contribution is 2.20. The van der Waals surface area contributed by atoms with Gasteiger partial charge in [0.2, 0.25) is 5.91 Å². The van der Waals surface area contributed by atoms with Gasteiger partial charge in [0.15, 0.2) is 0 Å². The number of hydrogen-bond acceptors (Lipinski definition) is 3. The largest absolute Gasteiger partial charge is 0.342 e. The second-order valence-corrected chi connectivity index (χ2v) is 6.86. The number of likely N-dealkylation sites (tertiary alicyclic amines) is 1. The molecule has 116 valence electrons. The van der Waals surface area contributed by atoms with E-state index in [1.54, 1.807) is 0 Å². The highest BCUT2D eigenvalue weighted by atomic mass is 32.1. The predicted molar refractivity (Wildman–Crippen MR) is 90.8 cm³/mol. The molecule has 0 spiro atoms. The van der Waals surface area contributed by atoms with E-state index >= 15 is 0 Å². The van der Waals surface area contributed by atoms with Crippen LogP contribution < -0.4 is 0 Å². The minimum atomic E-state index is -0.224. The van der Waals surface area contributed by atoms with Crippen LogP contribution in [0.3, 0.4) is 0 Å². The van der Waals surface area contributed by atoms with Crippen LogP contribution in [0.15, 0.2) is 30.3 Å². The lowest BCUT2D eigenvalue weighted by atomic mass is 9.96.